The van der Waals surface area contributed by atoms with Gasteiger partial charge in [-0.05, 0) is 24.3 Å². The molecule has 0 radical (unpaired) electrons. The number of halogens is 2. The molecule has 0 aliphatic carbocycles. The van der Waals surface area contributed by atoms with Crippen LogP contribution in [0, 0.1) is 0 Å². The Kier molecular flexibility index (Phi) is 5.81. The summed E-state index contributed by atoms with van der Waals surface area (Å²) < 4.78 is 5.33. The fourth-order valence-corrected chi connectivity index (χ4v) is 3.44. The molecule has 0 unspecified atom stereocenters. The number of hydrogen-bond acceptors (Lipinski definition) is 4. The van der Waals surface area contributed by atoms with E-state index in [-0.39, 0.29) is 5.56 Å². The van der Waals surface area contributed by atoms with E-state index in [4.69, 9.17) is 27.9 Å². The van der Waals surface area contributed by atoms with Crippen molar-refractivity contribution >= 4 is 40.5 Å². The molecule has 25 heavy (non-hydrogen) atoms. The summed E-state index contributed by atoms with van der Waals surface area (Å²) in [4.78, 5) is 12.7. The predicted molar refractivity (Wildman–Crippen MR) is 95.7 cm³/mol. The van der Waals surface area contributed by atoms with Crippen molar-refractivity contribution in [1.82, 2.24) is 0 Å². The smallest absolute Gasteiger partial charge is 0.140 e. The molecular weight excluding hydrogens is 363 g/mol. The molecule has 0 spiro atoms. The number of benzene rings is 2. The van der Waals surface area contributed by atoms with E-state index in [1.165, 1.54) is 0 Å². The van der Waals surface area contributed by atoms with Crippen molar-refractivity contribution < 1.29 is 19.5 Å². The van der Waals surface area contributed by atoms with Gasteiger partial charge in [-0.3, -0.25) is 4.90 Å². The average Bonchev–Trinajstić information content (AvgIpc) is 2.62. The lowest BCUT2D eigenvalue weighted by Crippen LogP contribution is -3.09. The number of hydrogen-bond donors (Lipinski definition) is 2. The highest BCUT2D eigenvalue weighted by Crippen LogP contribution is 2.26. The molecule has 3 rings (SSSR count). The zero-order valence-electron chi connectivity index (χ0n) is 13.5. The molecule has 132 valence electrons. The summed E-state index contributed by atoms with van der Waals surface area (Å²) in [6.07, 6.45) is 0. The zero-order valence-corrected chi connectivity index (χ0v) is 15.0. The van der Waals surface area contributed by atoms with Gasteiger partial charge in [0.05, 0.1) is 24.7 Å². The molecule has 0 amide bonds. The van der Waals surface area contributed by atoms with Gasteiger partial charge in [-0.1, -0.05) is 29.3 Å². The fourth-order valence-electron chi connectivity index (χ4n) is 2.91. The van der Waals surface area contributed by atoms with Crippen molar-refractivity contribution in [2.45, 2.75) is 6.54 Å². The van der Waals surface area contributed by atoms with Gasteiger partial charge < -0.3 is 20.0 Å². The van der Waals surface area contributed by atoms with Crippen LogP contribution in [0.2, 0.25) is 10.0 Å². The Morgan fingerprint density at radius 3 is 2.48 bits per heavy atom. The second kappa shape index (κ2) is 8.06. The topological polar surface area (TPSA) is 65.8 Å². The third-order valence-corrected chi connectivity index (χ3v) is 4.96. The summed E-state index contributed by atoms with van der Waals surface area (Å²) in [7, 11) is 0. The summed E-state index contributed by atoms with van der Waals surface area (Å²) in [5.74, 6) is -1.19. The lowest BCUT2D eigenvalue weighted by molar-refractivity contribution is -0.842. The van der Waals surface area contributed by atoms with Gasteiger partial charge in [0.2, 0.25) is 0 Å². The van der Waals surface area contributed by atoms with Crippen LogP contribution in [-0.2, 0) is 11.3 Å². The normalized spacial score (nSPS) is 15.1. The van der Waals surface area contributed by atoms with Crippen LogP contribution in [0.3, 0.4) is 0 Å². The van der Waals surface area contributed by atoms with Crippen LogP contribution in [0.25, 0.3) is 0 Å². The quantitative estimate of drug-likeness (QED) is 0.824. The summed E-state index contributed by atoms with van der Waals surface area (Å²) >= 11 is 12.3. The molecule has 7 heteroatoms. The van der Waals surface area contributed by atoms with Crippen LogP contribution < -0.4 is 15.3 Å². The molecule has 1 heterocycles. The Morgan fingerprint density at radius 1 is 1.16 bits per heavy atom. The largest absolute Gasteiger partial charge is 0.545 e. The molecular formula is C18H18Cl2N2O3. The van der Waals surface area contributed by atoms with Crippen LogP contribution in [0.15, 0.2) is 36.4 Å². The molecule has 2 aromatic rings. The first-order chi connectivity index (χ1) is 12.1. The Bertz CT molecular complexity index is 757. The van der Waals surface area contributed by atoms with E-state index in [0.717, 1.165) is 29.2 Å². The van der Waals surface area contributed by atoms with E-state index < -0.39 is 5.97 Å². The maximum absolute atomic E-state index is 11.6. The number of aromatic carboxylic acids is 1. The molecule has 1 aliphatic rings. The van der Waals surface area contributed by atoms with Gasteiger partial charge >= 0.3 is 0 Å². The number of carbonyl (C=O) groups excluding carboxylic acids is 1. The van der Waals surface area contributed by atoms with Crippen molar-refractivity contribution in [3.05, 3.63) is 57.6 Å². The van der Waals surface area contributed by atoms with Gasteiger partial charge in [0.15, 0.2) is 0 Å². The minimum Gasteiger partial charge on any atom is -0.545 e. The van der Waals surface area contributed by atoms with E-state index in [0.29, 0.717) is 35.5 Å². The first-order valence-corrected chi connectivity index (χ1v) is 8.77. The van der Waals surface area contributed by atoms with Gasteiger partial charge in [-0.15, -0.1) is 0 Å². The van der Waals surface area contributed by atoms with Gasteiger partial charge in [0.25, 0.3) is 0 Å². The number of ether oxygens (including phenoxy) is 1. The molecule has 0 aromatic heterocycles. The molecule has 0 atom stereocenters. The SMILES string of the molecule is O=C([O-])c1cc(NCc2c(Cl)cccc2Cl)ccc1[NH+]1CCOCC1. The van der Waals surface area contributed by atoms with Crippen molar-refractivity contribution in [2.24, 2.45) is 0 Å². The maximum Gasteiger partial charge on any atom is 0.140 e. The van der Waals surface area contributed by atoms with Crippen molar-refractivity contribution in [3.63, 3.8) is 0 Å². The van der Waals surface area contributed by atoms with E-state index in [1.54, 1.807) is 24.3 Å². The zero-order chi connectivity index (χ0) is 17.8. The van der Waals surface area contributed by atoms with E-state index in [2.05, 4.69) is 5.32 Å². The summed E-state index contributed by atoms with van der Waals surface area (Å²) in [5, 5.41) is 15.9. The number of anilines is 1. The molecule has 1 saturated heterocycles. The minimum atomic E-state index is -1.19. The number of carbonyl (C=O) groups is 1. The van der Waals surface area contributed by atoms with Crippen molar-refractivity contribution in [1.29, 1.82) is 0 Å². The highest BCUT2D eigenvalue weighted by atomic mass is 35.5. The Balaban J connectivity index is 1.81. The number of carboxylic acids is 1. The summed E-state index contributed by atoms with van der Waals surface area (Å²) in [6.45, 7) is 3.11. The maximum atomic E-state index is 11.6. The van der Waals surface area contributed by atoms with E-state index >= 15 is 0 Å². The van der Waals surface area contributed by atoms with E-state index in [9.17, 15) is 9.90 Å². The van der Waals surface area contributed by atoms with Crippen LogP contribution in [0.1, 0.15) is 15.9 Å². The number of quaternary nitrogens is 1. The van der Waals surface area contributed by atoms with Gasteiger partial charge in [-0.2, -0.15) is 0 Å². The average molecular weight is 381 g/mol. The summed E-state index contributed by atoms with van der Waals surface area (Å²) in [5.41, 5.74) is 2.35. The molecule has 5 nitrogen and oxygen atoms in total. The standard InChI is InChI=1S/C18H18Cl2N2O3/c19-15-2-1-3-16(20)14(15)11-21-12-4-5-17(13(10-12)18(23)24)22-6-8-25-9-7-22/h1-5,10,21H,6-9,11H2,(H,23,24). The second-order valence-electron chi connectivity index (χ2n) is 5.82. The Hall–Kier alpha value is -1.79. The van der Waals surface area contributed by atoms with Gasteiger partial charge in [0.1, 0.15) is 18.8 Å². The van der Waals surface area contributed by atoms with Gasteiger partial charge in [-0.25, -0.2) is 0 Å². The monoisotopic (exact) mass is 380 g/mol. The van der Waals surface area contributed by atoms with E-state index in [1.807, 2.05) is 12.1 Å². The molecule has 1 aliphatic heterocycles. The summed E-state index contributed by atoms with van der Waals surface area (Å²) in [6, 6.07) is 10.6. The fraction of sp³-hybridized carbons (Fsp3) is 0.278. The lowest BCUT2D eigenvalue weighted by atomic mass is 10.1. The van der Waals surface area contributed by atoms with Crippen LogP contribution >= 0.6 is 23.2 Å². The highest BCUT2D eigenvalue weighted by Gasteiger charge is 2.21. The third-order valence-electron chi connectivity index (χ3n) is 4.25. The molecule has 2 N–H and O–H groups in total. The molecule has 0 saturated carbocycles. The van der Waals surface area contributed by atoms with Crippen molar-refractivity contribution in [2.75, 3.05) is 31.6 Å². The second-order valence-corrected chi connectivity index (χ2v) is 6.63. The lowest BCUT2D eigenvalue weighted by Gasteiger charge is -2.25. The number of nitrogens with one attached hydrogen (secondary N) is 2. The molecule has 0 bridgehead atoms. The van der Waals surface area contributed by atoms with Crippen LogP contribution in [0.5, 0.6) is 0 Å². The highest BCUT2D eigenvalue weighted by molar-refractivity contribution is 6.36. The van der Waals surface area contributed by atoms with Crippen LogP contribution in [-0.4, -0.2) is 32.3 Å². The first-order valence-electron chi connectivity index (χ1n) is 8.01. The Labute approximate surface area is 156 Å². The Morgan fingerprint density at radius 2 is 1.84 bits per heavy atom. The molecule has 1 fully saturated rings. The minimum absolute atomic E-state index is 0.187. The number of rotatable bonds is 5. The van der Waals surface area contributed by atoms with Gasteiger partial charge in [0, 0.05) is 33.9 Å². The first kappa shape index (κ1) is 18.0. The predicted octanol–water partition coefficient (Wildman–Crippen LogP) is 1.52. The van der Waals surface area contributed by atoms with Crippen LogP contribution in [0.4, 0.5) is 11.4 Å². The third kappa shape index (κ3) is 4.25. The number of morpholine rings is 1. The molecule has 2 aromatic carbocycles. The number of carboxylic acid groups (broad SMARTS) is 1. The van der Waals surface area contributed by atoms with Crippen molar-refractivity contribution in [3.8, 4) is 0 Å².